The molecule has 14 aliphatic rings. The van der Waals surface area contributed by atoms with E-state index >= 15 is 0 Å². The Balaban J connectivity index is 0.000000125. The molecule has 0 aliphatic carbocycles. The van der Waals surface area contributed by atoms with E-state index in [1.807, 2.05) is 95.5 Å². The molecule has 2 unspecified atom stereocenters. The number of β-amino-alcohol motifs (C(OH)–C–C–N with tert-alkyl or cyclic N) is 2. The quantitative estimate of drug-likeness (QED) is 0.0751. The third-order valence-electron chi connectivity index (χ3n) is 29.8. The number of ether oxygens (including phenoxy) is 7. The maximum absolute atomic E-state index is 12.8. The molecular weight excluding hydrogens is 1700 g/mol. The number of aliphatic hydroxyl groups is 2. The third kappa shape index (κ3) is 18.1. The lowest BCUT2D eigenvalue weighted by atomic mass is 9.73. The van der Waals surface area contributed by atoms with Crippen LogP contribution in [-0.2, 0) is 59.0 Å². The molecule has 0 radical (unpaired) electrons. The minimum atomic E-state index is -0.563. The number of halogens is 1. The zero-order valence-corrected chi connectivity index (χ0v) is 78.7. The number of nitrogens with two attached hydrogens (primary N) is 1. The van der Waals surface area contributed by atoms with E-state index in [1.54, 1.807) is 0 Å². The number of aromatic nitrogens is 13. The number of aryl methyl sites for hydroxylation is 3. The fourth-order valence-electron chi connectivity index (χ4n) is 22.5. The third-order valence-corrected chi connectivity index (χ3v) is 30.0. The average molecular weight is 1830 g/mol. The highest BCUT2D eigenvalue weighted by atomic mass is 35.5. The highest BCUT2D eigenvalue weighted by Gasteiger charge is 2.54. The molecule has 14 aliphatic heterocycles. The SMILES string of the molecule is C[C@@H]1OCC2(CCN(c3cnc4c(N5CCCc6nc(Cl)ccc65)nn(C5CCCCO5)c4n3)CC2)[C@@H]1NC(=O)OC(C)(C)C.C[C@@H]1OCC2(CCN(c3cnc4c(N5CCCc6nc(N7CC[C@H](O)C7)ccc65)nn(C5CCCCO5)c4n3)CC2)[C@@H]1NC(=O)OC(C)(C)C.C[C@@H]1OCC2(CCN(c3cnc4c(n3)CN=C4N3CCCc4nc(N5CC[C@H](O)C5)ccc43)CC2)[C@@H]1N. The van der Waals surface area contributed by atoms with Crippen LogP contribution in [-0.4, -0.2) is 271 Å². The predicted molar refractivity (Wildman–Crippen MR) is 502 cm³/mol. The van der Waals surface area contributed by atoms with Crippen LogP contribution >= 0.6 is 11.6 Å². The largest absolute Gasteiger partial charge is 0.444 e. The van der Waals surface area contributed by atoms with Crippen molar-refractivity contribution in [1.82, 2.24) is 75.1 Å². The Morgan fingerprint density at radius 2 is 0.879 bits per heavy atom. The molecule has 22 heterocycles. The first-order valence-corrected chi connectivity index (χ1v) is 48.9. The van der Waals surface area contributed by atoms with Gasteiger partial charge in [0.2, 0.25) is 0 Å². The van der Waals surface area contributed by atoms with E-state index in [0.717, 1.165) is 321 Å². The van der Waals surface area contributed by atoms with Gasteiger partial charge >= 0.3 is 12.2 Å². The number of amidine groups is 1. The van der Waals surface area contributed by atoms with Gasteiger partial charge < -0.3 is 98.9 Å². The van der Waals surface area contributed by atoms with E-state index < -0.39 is 23.4 Å². The van der Waals surface area contributed by atoms with E-state index in [9.17, 15) is 19.8 Å². The van der Waals surface area contributed by atoms with Gasteiger partial charge in [-0.05, 0) is 227 Å². The molecule has 2 amide bonds. The molecule has 8 aromatic heterocycles. The minimum Gasteiger partial charge on any atom is -0.444 e. The second kappa shape index (κ2) is 36.8. The van der Waals surface area contributed by atoms with Gasteiger partial charge in [0.1, 0.15) is 51.1 Å². The van der Waals surface area contributed by atoms with Crippen molar-refractivity contribution in [3.8, 4) is 0 Å². The molecule has 3 spiro atoms. The maximum Gasteiger partial charge on any atom is 0.407 e. The summed E-state index contributed by atoms with van der Waals surface area (Å²) in [5, 5.41) is 37.1. The monoisotopic (exact) mass is 1830 g/mol. The first kappa shape index (κ1) is 90.0. The van der Waals surface area contributed by atoms with Crippen molar-refractivity contribution in [2.45, 2.75) is 270 Å². The number of pyridine rings is 3. The number of anilines is 10. The number of aliphatic hydroxyl groups excluding tert-OH is 2. The minimum absolute atomic E-state index is 0.0883. The Labute approximate surface area is 776 Å². The number of fused-ring (bicyclic) bond motifs is 6. The smallest absolute Gasteiger partial charge is 0.407 e. The summed E-state index contributed by atoms with van der Waals surface area (Å²) >= 11 is 6.24. The molecular formula is C95H130ClN25O11. The van der Waals surface area contributed by atoms with Crippen LogP contribution in [0, 0.1) is 16.2 Å². The van der Waals surface area contributed by atoms with E-state index in [2.05, 4.69) is 86.0 Å². The summed E-state index contributed by atoms with van der Waals surface area (Å²) < 4.78 is 45.7. The summed E-state index contributed by atoms with van der Waals surface area (Å²) in [6.45, 7) is 31.8. The summed E-state index contributed by atoms with van der Waals surface area (Å²) in [4.78, 5) is 93.4. The van der Waals surface area contributed by atoms with Crippen LogP contribution in [0.15, 0.2) is 60.0 Å². The van der Waals surface area contributed by atoms with Crippen LogP contribution in [0.3, 0.4) is 0 Å². The van der Waals surface area contributed by atoms with Crippen molar-refractivity contribution in [1.29, 1.82) is 0 Å². The summed E-state index contributed by atoms with van der Waals surface area (Å²) in [6.07, 6.45) is 22.6. The fourth-order valence-corrected chi connectivity index (χ4v) is 22.6. The molecule has 37 heteroatoms. The molecule has 8 aromatic rings. The highest BCUT2D eigenvalue weighted by Crippen LogP contribution is 2.49. The molecule has 36 nitrogen and oxygen atoms in total. The zero-order valence-electron chi connectivity index (χ0n) is 77.9. The number of nitrogens with zero attached hydrogens (tertiary/aromatic N) is 22. The second-order valence-electron chi connectivity index (χ2n) is 40.9. The van der Waals surface area contributed by atoms with Gasteiger partial charge in [-0.15, -0.1) is 10.2 Å². The number of rotatable bonds is 11. The van der Waals surface area contributed by atoms with Gasteiger partial charge in [0.25, 0.3) is 0 Å². The molecule has 6 N–H and O–H groups in total. The molecule has 10 saturated heterocycles. The van der Waals surface area contributed by atoms with Gasteiger partial charge in [0.15, 0.2) is 52.3 Å². The van der Waals surface area contributed by atoms with Crippen molar-refractivity contribution in [3.05, 3.63) is 88.6 Å². The number of hydrogen-bond acceptors (Lipinski definition) is 32. The van der Waals surface area contributed by atoms with Crippen LogP contribution in [0.1, 0.15) is 212 Å². The van der Waals surface area contributed by atoms with Crippen molar-refractivity contribution < 1.29 is 53.0 Å². The number of alkyl carbamates (subject to hydrolysis) is 2. The van der Waals surface area contributed by atoms with Crippen molar-refractivity contribution >= 4 is 110 Å². The van der Waals surface area contributed by atoms with E-state index in [0.29, 0.717) is 51.2 Å². The van der Waals surface area contributed by atoms with Gasteiger partial charge in [0, 0.05) is 121 Å². The van der Waals surface area contributed by atoms with Crippen LogP contribution in [0.4, 0.5) is 67.4 Å². The Bertz CT molecular complexity index is 5560. The number of amides is 2. The van der Waals surface area contributed by atoms with Gasteiger partial charge in [-0.1, -0.05) is 11.6 Å². The van der Waals surface area contributed by atoms with E-state index in [1.165, 1.54) is 0 Å². The van der Waals surface area contributed by atoms with Crippen LogP contribution in [0.25, 0.3) is 22.3 Å². The van der Waals surface area contributed by atoms with Gasteiger partial charge in [-0.3, -0.25) is 4.99 Å². The van der Waals surface area contributed by atoms with Gasteiger partial charge in [-0.2, -0.15) is 0 Å². The Hall–Kier alpha value is -9.79. The second-order valence-corrected chi connectivity index (χ2v) is 41.3. The molecule has 708 valence electrons. The number of hydrogen-bond donors (Lipinski definition) is 5. The number of carbonyl (C=O) groups excluding carboxylic acids is 2. The number of nitrogens with one attached hydrogen (secondary N) is 2. The van der Waals surface area contributed by atoms with Crippen molar-refractivity contribution in [2.24, 2.45) is 27.0 Å². The van der Waals surface area contributed by atoms with Crippen LogP contribution < -0.4 is 55.6 Å². The first-order chi connectivity index (χ1) is 63.7. The van der Waals surface area contributed by atoms with Crippen LogP contribution in [0.2, 0.25) is 5.15 Å². The number of piperidine rings is 3. The Morgan fingerprint density at radius 3 is 1.32 bits per heavy atom. The highest BCUT2D eigenvalue weighted by molar-refractivity contribution is 6.29. The van der Waals surface area contributed by atoms with E-state index in [-0.39, 0.29) is 77.3 Å². The zero-order chi connectivity index (χ0) is 91.1. The molecule has 22 rings (SSSR count). The topological polar surface area (TPSA) is 379 Å². The molecule has 0 saturated carbocycles. The number of aliphatic imine (C=N–C) groups is 1. The molecule has 10 atom stereocenters. The Kier molecular flexibility index (Phi) is 25.1. The lowest BCUT2D eigenvalue weighted by Crippen LogP contribution is -2.55. The Morgan fingerprint density at radius 1 is 0.462 bits per heavy atom. The summed E-state index contributed by atoms with van der Waals surface area (Å²) in [6, 6.07) is 12.2. The molecule has 0 bridgehead atoms. The summed E-state index contributed by atoms with van der Waals surface area (Å²) in [5.74, 6) is 6.91. The van der Waals surface area contributed by atoms with E-state index in [4.69, 9.17) is 106 Å². The summed E-state index contributed by atoms with van der Waals surface area (Å²) in [7, 11) is 0. The molecule has 0 aromatic carbocycles. The lowest BCUT2D eigenvalue weighted by molar-refractivity contribution is -0.0369. The van der Waals surface area contributed by atoms with Crippen LogP contribution in [0.5, 0.6) is 0 Å². The number of carbonyl (C=O) groups is 2. The molecule has 132 heavy (non-hydrogen) atoms. The standard InChI is InChI=1S/C36H51N9O5.C32H43ClN8O4.C27H36N8O2/c1-23-31(40-34(47)50-35(2,3)4)36(22-49-23)13-17-42(18-14-36)28-20-37-30-32(39-28)45(29-9-5-6-19-48-29)41-33(30)44-15-7-8-25-26(44)10-11-27(38-25)43-16-12-24(46)21-43;1-20-27(37-30(42)45-31(2,3)4)32(19-44-20)12-15-39(16-13-32)24-18-34-26-28(36-24)41(25-9-5-6-17-43-25)38-29(26)40-14-7-8-21-22(40)10-11-23(33)35-21;1-17-25(28)27(16-37-17)7-11-33(12-8-27)23-14-29-24-20(32-23)13-30-26(24)35-9-2-3-19-21(35)4-5-22(31-19)34-10-6-18(36)15-34/h10-11,20,23-24,29,31,46H,5-9,12-19,21-22H2,1-4H3,(H,40,47);10-11,18,20,25,27H,5-9,12-17,19H2,1-4H3,(H,37,42);4-5,14,17-18,25,36H,2-3,6-13,15-16,28H2,1H3/t23-,24-,29?,31+;20-,25?,27+;17-,18-,25+/m000/s1. The predicted octanol–water partition coefficient (Wildman–Crippen LogP) is 11.5. The van der Waals surface area contributed by atoms with Crippen molar-refractivity contribution in [2.75, 3.05) is 157 Å². The fraction of sp³-hybridized carbons (Fsp3) is 0.663. The molecule has 10 fully saturated rings. The van der Waals surface area contributed by atoms with Gasteiger partial charge in [0.05, 0.1) is 127 Å². The maximum atomic E-state index is 12.8. The van der Waals surface area contributed by atoms with Crippen molar-refractivity contribution in [3.63, 3.8) is 0 Å². The average Bonchev–Trinajstić information content (AvgIpc) is 1.60. The lowest BCUT2D eigenvalue weighted by Gasteiger charge is -2.42. The first-order valence-electron chi connectivity index (χ1n) is 48.5. The van der Waals surface area contributed by atoms with Gasteiger partial charge in [-0.25, -0.2) is 63.8 Å². The normalized spacial score (nSPS) is 26.7. The summed E-state index contributed by atoms with van der Waals surface area (Å²) in [5.41, 5.74) is 16.2.